The second-order valence-corrected chi connectivity index (χ2v) is 10.0. The Hall–Kier alpha value is -3.20. The molecule has 0 aliphatic rings. The van der Waals surface area contributed by atoms with Gasteiger partial charge in [-0.3, -0.25) is 9.59 Å². The van der Waals surface area contributed by atoms with Gasteiger partial charge in [0.05, 0.1) is 0 Å². The summed E-state index contributed by atoms with van der Waals surface area (Å²) in [5, 5.41) is 15.4. The molecule has 0 bridgehead atoms. The van der Waals surface area contributed by atoms with Crippen LogP contribution in [0.15, 0.2) is 42.5 Å². The molecule has 0 aliphatic carbocycles. The summed E-state index contributed by atoms with van der Waals surface area (Å²) in [6.45, 7) is 11.1. The summed E-state index contributed by atoms with van der Waals surface area (Å²) in [5.41, 5.74) is 2.24. The maximum absolute atomic E-state index is 13.7. The van der Waals surface area contributed by atoms with Gasteiger partial charge in [0.25, 0.3) is 5.91 Å². The van der Waals surface area contributed by atoms with Crippen molar-refractivity contribution in [2.75, 3.05) is 17.6 Å². The molecule has 0 saturated carbocycles. The molecule has 0 saturated heterocycles. The van der Waals surface area contributed by atoms with Crippen LogP contribution in [0.25, 0.3) is 0 Å². The molecule has 0 heterocycles. The van der Waals surface area contributed by atoms with E-state index >= 15 is 0 Å². The maximum Gasteiger partial charge on any atom is 0.408 e. The number of nitrogens with zero attached hydrogens (tertiary/aromatic N) is 1. The molecule has 8 nitrogen and oxygen atoms in total. The Bertz CT molecular complexity index is 1050. The molecule has 2 atom stereocenters. The molecule has 2 unspecified atom stereocenters. The number of aromatic hydroxyl groups is 1. The van der Waals surface area contributed by atoms with Crippen LogP contribution < -0.4 is 10.6 Å². The highest BCUT2D eigenvalue weighted by molar-refractivity contribution is 7.80. The number of rotatable bonds is 9. The van der Waals surface area contributed by atoms with E-state index in [1.807, 2.05) is 39.0 Å². The van der Waals surface area contributed by atoms with E-state index in [0.717, 1.165) is 11.1 Å². The van der Waals surface area contributed by atoms with E-state index < -0.39 is 35.6 Å². The summed E-state index contributed by atoms with van der Waals surface area (Å²) in [7, 11) is 0. The third kappa shape index (κ3) is 7.91. The van der Waals surface area contributed by atoms with E-state index in [1.165, 1.54) is 17.0 Å². The number of thiol groups is 1. The number of hydrogen-bond acceptors (Lipinski definition) is 6. The first-order valence-corrected chi connectivity index (χ1v) is 12.6. The summed E-state index contributed by atoms with van der Waals surface area (Å²) in [4.78, 5) is 41.3. The van der Waals surface area contributed by atoms with E-state index in [0.29, 0.717) is 17.7 Å². The summed E-state index contributed by atoms with van der Waals surface area (Å²) >= 11 is 4.28. The molecule has 196 valence electrons. The molecule has 9 heteroatoms. The van der Waals surface area contributed by atoms with Gasteiger partial charge in [0.15, 0.2) is 0 Å². The van der Waals surface area contributed by atoms with Crippen LogP contribution >= 0.6 is 12.6 Å². The molecule has 2 aromatic carbocycles. The predicted molar refractivity (Wildman–Crippen MR) is 144 cm³/mol. The van der Waals surface area contributed by atoms with E-state index in [4.69, 9.17) is 4.74 Å². The molecule has 3 N–H and O–H groups in total. The Kier molecular flexibility index (Phi) is 10.2. The molecule has 0 aliphatic heterocycles. The van der Waals surface area contributed by atoms with Gasteiger partial charge in [-0.15, -0.1) is 0 Å². The first kappa shape index (κ1) is 29.0. The molecule has 3 amide bonds. The van der Waals surface area contributed by atoms with Crippen molar-refractivity contribution in [2.24, 2.45) is 0 Å². The van der Waals surface area contributed by atoms with E-state index in [1.54, 1.807) is 32.9 Å². The Morgan fingerprint density at radius 2 is 1.64 bits per heavy atom. The SMILES string of the molecule is CCCN(C(=O)C(CS)NC(=O)OC(C)(C)C)C(C(=O)Nc1c(C)cccc1C)c1ccc(O)cc1. The van der Waals surface area contributed by atoms with Crippen LogP contribution in [-0.4, -0.2) is 51.9 Å². The standard InChI is InChI=1S/C27H37N3O5S/c1-7-15-30(25(33)21(16-36)28-26(34)35-27(4,5)6)23(19-11-13-20(31)14-12-19)24(32)29-22-17(2)9-8-10-18(22)3/h8-14,21,23,31,36H,7,15-16H2,1-6H3,(H,28,34)(H,29,32). The highest BCUT2D eigenvalue weighted by Crippen LogP contribution is 2.28. The lowest BCUT2D eigenvalue weighted by atomic mass is 10.0. The van der Waals surface area contributed by atoms with Crippen molar-refractivity contribution in [1.82, 2.24) is 10.2 Å². The number of nitrogens with one attached hydrogen (secondary N) is 2. The third-order valence-electron chi connectivity index (χ3n) is 5.42. The zero-order valence-corrected chi connectivity index (χ0v) is 22.7. The Balaban J connectivity index is 2.47. The summed E-state index contributed by atoms with van der Waals surface area (Å²) in [6, 6.07) is 9.83. The first-order valence-electron chi connectivity index (χ1n) is 11.9. The maximum atomic E-state index is 13.7. The zero-order valence-electron chi connectivity index (χ0n) is 21.8. The van der Waals surface area contributed by atoms with Gasteiger partial charge in [0.1, 0.15) is 23.4 Å². The molecule has 0 spiro atoms. The van der Waals surface area contributed by atoms with Crippen molar-refractivity contribution in [3.05, 3.63) is 59.2 Å². The molecular formula is C27H37N3O5S. The number of carbonyl (C=O) groups is 3. The van der Waals surface area contributed by atoms with Gasteiger partial charge in [0, 0.05) is 18.0 Å². The molecule has 0 radical (unpaired) electrons. The number of amides is 3. The van der Waals surface area contributed by atoms with Crippen LogP contribution in [0.1, 0.15) is 56.8 Å². The van der Waals surface area contributed by atoms with Crippen molar-refractivity contribution in [3.8, 4) is 5.75 Å². The lowest BCUT2D eigenvalue weighted by Gasteiger charge is -2.34. The fourth-order valence-electron chi connectivity index (χ4n) is 3.78. The predicted octanol–water partition coefficient (Wildman–Crippen LogP) is 4.75. The number of para-hydroxylation sites is 1. The Morgan fingerprint density at radius 3 is 2.14 bits per heavy atom. The number of alkyl carbamates (subject to hydrolysis) is 1. The number of phenolic OH excluding ortho intramolecular Hbond substituents is 1. The molecule has 0 aromatic heterocycles. The van der Waals surface area contributed by atoms with Crippen LogP contribution in [0, 0.1) is 13.8 Å². The first-order chi connectivity index (χ1) is 16.9. The van der Waals surface area contributed by atoms with Crippen molar-refractivity contribution in [2.45, 2.75) is 65.6 Å². The average Bonchev–Trinajstić information content (AvgIpc) is 2.79. The summed E-state index contributed by atoms with van der Waals surface area (Å²) in [6.07, 6.45) is -0.171. The van der Waals surface area contributed by atoms with E-state index in [-0.39, 0.29) is 18.0 Å². The minimum atomic E-state index is -1.01. The van der Waals surface area contributed by atoms with Gasteiger partial charge in [-0.25, -0.2) is 4.79 Å². The summed E-state index contributed by atoms with van der Waals surface area (Å²) in [5.74, 6) is -0.817. The number of aryl methyl sites for hydroxylation is 2. The number of carbonyl (C=O) groups excluding carboxylic acids is 3. The van der Waals surface area contributed by atoms with Gasteiger partial charge in [0.2, 0.25) is 5.91 Å². The molecule has 36 heavy (non-hydrogen) atoms. The second-order valence-electron chi connectivity index (χ2n) is 9.66. The lowest BCUT2D eigenvalue weighted by molar-refractivity contribution is -0.140. The van der Waals surface area contributed by atoms with Crippen molar-refractivity contribution < 1.29 is 24.2 Å². The van der Waals surface area contributed by atoms with E-state index in [9.17, 15) is 19.5 Å². The number of ether oxygens (including phenoxy) is 1. The number of hydrogen-bond donors (Lipinski definition) is 4. The molecule has 2 rings (SSSR count). The highest BCUT2D eigenvalue weighted by atomic mass is 32.1. The largest absolute Gasteiger partial charge is 0.508 e. The molecule has 0 fully saturated rings. The van der Waals surface area contributed by atoms with Gasteiger partial charge in [-0.2, -0.15) is 12.6 Å². The van der Waals surface area contributed by atoms with Gasteiger partial charge in [-0.1, -0.05) is 37.3 Å². The van der Waals surface area contributed by atoms with E-state index in [2.05, 4.69) is 23.3 Å². The fraction of sp³-hybridized carbons (Fsp3) is 0.444. The van der Waals surface area contributed by atoms with Crippen LogP contribution in [0.3, 0.4) is 0 Å². The van der Waals surface area contributed by atoms with Crippen molar-refractivity contribution in [1.29, 1.82) is 0 Å². The van der Waals surface area contributed by atoms with Crippen LogP contribution in [0.4, 0.5) is 10.5 Å². The highest BCUT2D eigenvalue weighted by Gasteiger charge is 2.35. The molecular weight excluding hydrogens is 478 g/mol. The Labute approximate surface area is 218 Å². The van der Waals surface area contributed by atoms with Crippen molar-refractivity contribution in [3.63, 3.8) is 0 Å². The topological polar surface area (TPSA) is 108 Å². The lowest BCUT2D eigenvalue weighted by Crippen LogP contribution is -2.53. The van der Waals surface area contributed by atoms with Gasteiger partial charge >= 0.3 is 6.09 Å². The fourth-order valence-corrected chi connectivity index (χ4v) is 4.02. The smallest absolute Gasteiger partial charge is 0.408 e. The van der Waals surface area contributed by atoms with Crippen LogP contribution in [0.5, 0.6) is 5.75 Å². The van der Waals surface area contributed by atoms with Gasteiger partial charge in [-0.05, 0) is 69.9 Å². The zero-order chi connectivity index (χ0) is 27.0. The monoisotopic (exact) mass is 515 g/mol. The number of phenols is 1. The Morgan fingerprint density at radius 1 is 1.06 bits per heavy atom. The molecule has 2 aromatic rings. The second kappa shape index (κ2) is 12.7. The van der Waals surface area contributed by atoms with Crippen LogP contribution in [0.2, 0.25) is 0 Å². The average molecular weight is 516 g/mol. The number of benzene rings is 2. The van der Waals surface area contributed by atoms with Crippen LogP contribution in [-0.2, 0) is 14.3 Å². The van der Waals surface area contributed by atoms with Crippen molar-refractivity contribution >= 4 is 36.2 Å². The number of anilines is 1. The summed E-state index contributed by atoms with van der Waals surface area (Å²) < 4.78 is 5.31. The minimum absolute atomic E-state index is 0.0130. The minimum Gasteiger partial charge on any atom is -0.508 e. The third-order valence-corrected chi connectivity index (χ3v) is 5.78. The normalized spacial score (nSPS) is 12.9. The quantitative estimate of drug-likeness (QED) is 0.361. The van der Waals surface area contributed by atoms with Gasteiger partial charge < -0.3 is 25.4 Å².